The maximum atomic E-state index is 12.6. The summed E-state index contributed by atoms with van der Waals surface area (Å²) in [5.74, 6) is 0.730. The van der Waals surface area contributed by atoms with Gasteiger partial charge in [-0.1, -0.05) is 24.3 Å². The third kappa shape index (κ3) is 4.04. The summed E-state index contributed by atoms with van der Waals surface area (Å²) >= 11 is 0. The Labute approximate surface area is 171 Å². The average Bonchev–Trinajstić information content (AvgIpc) is 3.31. The van der Waals surface area contributed by atoms with E-state index in [1.807, 2.05) is 62.0 Å². The van der Waals surface area contributed by atoms with E-state index in [1.54, 1.807) is 4.90 Å². The van der Waals surface area contributed by atoms with Crippen molar-refractivity contribution >= 4 is 5.91 Å². The second-order valence-corrected chi connectivity index (χ2v) is 7.72. The zero-order chi connectivity index (χ0) is 20.4. The maximum absolute atomic E-state index is 12.6. The lowest BCUT2D eigenvalue weighted by molar-refractivity contribution is -0.132. The molecule has 0 N–H and O–H groups in total. The minimum atomic E-state index is -0.0447. The number of aromatic nitrogens is 2. The number of rotatable bonds is 6. The SMILES string of the molecule is Cc1nn(-c2ccccc2)c(C)c1CN(C)C(=O)COc1ccc2c(c1)CCC2. The highest BCUT2D eigenvalue weighted by Gasteiger charge is 2.18. The number of para-hydroxylation sites is 1. The lowest BCUT2D eigenvalue weighted by Crippen LogP contribution is -2.31. The quantitative estimate of drug-likeness (QED) is 0.640. The highest BCUT2D eigenvalue weighted by molar-refractivity contribution is 5.77. The topological polar surface area (TPSA) is 47.4 Å². The van der Waals surface area contributed by atoms with Crippen LogP contribution >= 0.6 is 0 Å². The smallest absolute Gasteiger partial charge is 0.260 e. The van der Waals surface area contributed by atoms with E-state index in [1.165, 1.54) is 17.5 Å². The summed E-state index contributed by atoms with van der Waals surface area (Å²) in [4.78, 5) is 14.3. The van der Waals surface area contributed by atoms with Crippen molar-refractivity contribution in [2.45, 2.75) is 39.7 Å². The maximum Gasteiger partial charge on any atom is 0.260 e. The van der Waals surface area contributed by atoms with E-state index in [9.17, 15) is 4.79 Å². The van der Waals surface area contributed by atoms with Crippen molar-refractivity contribution in [2.75, 3.05) is 13.7 Å². The number of carbonyl (C=O) groups is 1. The molecule has 0 aliphatic heterocycles. The summed E-state index contributed by atoms with van der Waals surface area (Å²) in [7, 11) is 1.81. The number of nitrogens with zero attached hydrogens (tertiary/aromatic N) is 3. The fraction of sp³-hybridized carbons (Fsp3) is 0.333. The van der Waals surface area contributed by atoms with Crippen molar-refractivity contribution in [3.8, 4) is 11.4 Å². The summed E-state index contributed by atoms with van der Waals surface area (Å²) < 4.78 is 7.71. The first-order chi connectivity index (χ1) is 14.0. The molecule has 150 valence electrons. The molecule has 0 fully saturated rings. The van der Waals surface area contributed by atoms with Crippen molar-refractivity contribution in [2.24, 2.45) is 0 Å². The number of hydrogen-bond donors (Lipinski definition) is 0. The molecule has 0 saturated carbocycles. The molecule has 0 bridgehead atoms. The summed E-state index contributed by atoms with van der Waals surface area (Å²) in [5, 5.41) is 4.67. The van der Waals surface area contributed by atoms with Crippen LogP contribution in [0.5, 0.6) is 5.75 Å². The van der Waals surface area contributed by atoms with Crippen molar-refractivity contribution < 1.29 is 9.53 Å². The van der Waals surface area contributed by atoms with Gasteiger partial charge in [-0.05, 0) is 68.5 Å². The molecule has 5 heteroatoms. The summed E-state index contributed by atoms with van der Waals surface area (Å²) in [6.07, 6.45) is 3.45. The van der Waals surface area contributed by atoms with Crippen LogP contribution in [0.25, 0.3) is 5.69 Å². The van der Waals surface area contributed by atoms with E-state index in [4.69, 9.17) is 4.74 Å². The molecule has 0 atom stereocenters. The van der Waals surface area contributed by atoms with Gasteiger partial charge < -0.3 is 9.64 Å². The molecule has 5 nitrogen and oxygen atoms in total. The molecule has 0 radical (unpaired) electrons. The molecule has 1 amide bonds. The van der Waals surface area contributed by atoms with Crippen molar-refractivity contribution in [1.29, 1.82) is 0 Å². The van der Waals surface area contributed by atoms with Crippen molar-refractivity contribution in [1.82, 2.24) is 14.7 Å². The molecule has 1 heterocycles. The van der Waals surface area contributed by atoms with E-state index >= 15 is 0 Å². The Kier molecular flexibility index (Phi) is 5.38. The molecule has 0 spiro atoms. The Hall–Kier alpha value is -3.08. The van der Waals surface area contributed by atoms with Crippen LogP contribution in [-0.4, -0.2) is 34.2 Å². The molecule has 2 aromatic carbocycles. The molecule has 29 heavy (non-hydrogen) atoms. The molecular weight excluding hydrogens is 362 g/mol. The van der Waals surface area contributed by atoms with Gasteiger partial charge in [-0.3, -0.25) is 4.79 Å². The van der Waals surface area contributed by atoms with Crippen LogP contribution in [0.1, 0.15) is 34.5 Å². The number of amides is 1. The zero-order valence-electron chi connectivity index (χ0n) is 17.3. The Bertz CT molecular complexity index is 1020. The number of benzene rings is 2. The van der Waals surface area contributed by atoms with Crippen LogP contribution in [0.2, 0.25) is 0 Å². The number of likely N-dealkylation sites (N-methyl/N-ethyl adjacent to an activating group) is 1. The lowest BCUT2D eigenvalue weighted by atomic mass is 10.1. The first kappa shape index (κ1) is 19.2. The lowest BCUT2D eigenvalue weighted by Gasteiger charge is -2.18. The number of ether oxygens (including phenoxy) is 1. The van der Waals surface area contributed by atoms with E-state index < -0.39 is 0 Å². The van der Waals surface area contributed by atoms with Gasteiger partial charge in [0, 0.05) is 24.8 Å². The van der Waals surface area contributed by atoms with Crippen LogP contribution in [-0.2, 0) is 24.2 Å². The van der Waals surface area contributed by atoms with Crippen LogP contribution in [0.3, 0.4) is 0 Å². The van der Waals surface area contributed by atoms with Gasteiger partial charge in [0.15, 0.2) is 6.61 Å². The largest absolute Gasteiger partial charge is 0.484 e. The van der Waals surface area contributed by atoms with Gasteiger partial charge in [0.2, 0.25) is 0 Å². The number of carbonyl (C=O) groups excluding carboxylic acids is 1. The number of fused-ring (bicyclic) bond motifs is 1. The molecular formula is C24H27N3O2. The first-order valence-corrected chi connectivity index (χ1v) is 10.1. The molecule has 0 saturated heterocycles. The van der Waals surface area contributed by atoms with E-state index in [2.05, 4.69) is 17.2 Å². The van der Waals surface area contributed by atoms with Crippen LogP contribution in [0, 0.1) is 13.8 Å². The fourth-order valence-corrected chi connectivity index (χ4v) is 3.94. The predicted octanol–water partition coefficient (Wildman–Crippen LogP) is 4.02. The van der Waals surface area contributed by atoms with Crippen LogP contribution in [0.4, 0.5) is 0 Å². The highest BCUT2D eigenvalue weighted by Crippen LogP contribution is 2.26. The molecule has 4 rings (SSSR count). The Balaban J connectivity index is 1.41. The van der Waals surface area contributed by atoms with E-state index in [-0.39, 0.29) is 12.5 Å². The third-order valence-electron chi connectivity index (χ3n) is 5.70. The second kappa shape index (κ2) is 8.11. The third-order valence-corrected chi connectivity index (χ3v) is 5.70. The number of aryl methyl sites for hydroxylation is 3. The monoisotopic (exact) mass is 389 g/mol. The normalized spacial score (nSPS) is 12.7. The molecule has 0 unspecified atom stereocenters. The molecule has 3 aromatic rings. The zero-order valence-corrected chi connectivity index (χ0v) is 17.3. The van der Waals surface area contributed by atoms with Gasteiger partial charge in [0.05, 0.1) is 11.4 Å². The highest BCUT2D eigenvalue weighted by atomic mass is 16.5. The fourth-order valence-electron chi connectivity index (χ4n) is 3.94. The Morgan fingerprint density at radius 2 is 1.86 bits per heavy atom. The summed E-state index contributed by atoms with van der Waals surface area (Å²) in [6, 6.07) is 16.2. The van der Waals surface area contributed by atoms with Crippen LogP contribution in [0.15, 0.2) is 48.5 Å². The first-order valence-electron chi connectivity index (χ1n) is 10.1. The predicted molar refractivity (Wildman–Crippen MR) is 113 cm³/mol. The van der Waals surface area contributed by atoms with E-state index in [0.29, 0.717) is 6.54 Å². The second-order valence-electron chi connectivity index (χ2n) is 7.72. The van der Waals surface area contributed by atoms with E-state index in [0.717, 1.165) is 41.2 Å². The van der Waals surface area contributed by atoms with Gasteiger partial charge in [0.1, 0.15) is 5.75 Å². The number of hydrogen-bond acceptors (Lipinski definition) is 3. The van der Waals surface area contributed by atoms with Gasteiger partial charge in [0.25, 0.3) is 5.91 Å². The van der Waals surface area contributed by atoms with Crippen LogP contribution < -0.4 is 4.74 Å². The standard InChI is InChI=1S/C24H27N3O2/c1-17-23(18(2)27(25-17)21-10-5-4-6-11-21)15-26(3)24(28)16-29-22-13-12-19-8-7-9-20(19)14-22/h4-6,10-14H,7-9,15-16H2,1-3H3. The van der Waals surface area contributed by atoms with Gasteiger partial charge >= 0.3 is 0 Å². The Morgan fingerprint density at radius 1 is 1.10 bits per heavy atom. The molecule has 1 aliphatic carbocycles. The molecule has 1 aliphatic rings. The minimum absolute atomic E-state index is 0.0419. The van der Waals surface area contributed by atoms with Gasteiger partial charge in [-0.25, -0.2) is 4.68 Å². The van der Waals surface area contributed by atoms with Gasteiger partial charge in [-0.2, -0.15) is 5.10 Å². The van der Waals surface area contributed by atoms with Crippen molar-refractivity contribution in [3.63, 3.8) is 0 Å². The van der Waals surface area contributed by atoms with Gasteiger partial charge in [-0.15, -0.1) is 0 Å². The summed E-state index contributed by atoms with van der Waals surface area (Å²) in [6.45, 7) is 4.58. The summed E-state index contributed by atoms with van der Waals surface area (Å²) in [5.41, 5.74) is 6.83. The average molecular weight is 389 g/mol. The van der Waals surface area contributed by atoms with Crippen molar-refractivity contribution in [3.05, 3.63) is 76.6 Å². The Morgan fingerprint density at radius 3 is 2.66 bits per heavy atom. The minimum Gasteiger partial charge on any atom is -0.484 e. The molecule has 1 aromatic heterocycles.